The average molecular weight is 512 g/mol. The van der Waals surface area contributed by atoms with Gasteiger partial charge in [0, 0.05) is 53.6 Å². The van der Waals surface area contributed by atoms with Gasteiger partial charge < -0.3 is 26.4 Å². The quantitative estimate of drug-likeness (QED) is 0.245. The van der Waals surface area contributed by atoms with Crippen molar-refractivity contribution in [1.82, 2.24) is 15.2 Å². The van der Waals surface area contributed by atoms with Gasteiger partial charge in [0.05, 0.1) is 11.3 Å². The molecule has 0 spiro atoms. The van der Waals surface area contributed by atoms with E-state index >= 15 is 0 Å². The molecule has 0 saturated carbocycles. The van der Waals surface area contributed by atoms with Gasteiger partial charge in [-0.05, 0) is 61.4 Å². The van der Waals surface area contributed by atoms with Gasteiger partial charge in [-0.2, -0.15) is 0 Å². The van der Waals surface area contributed by atoms with E-state index in [1.807, 2.05) is 0 Å². The number of nitrogen functional groups attached to an aromatic ring is 1. The standard InChI is InChI=1S/C26H27ClFN5O3/c27-17-4-7-21(16(13-17)15-28)31-18-5-9-23(34)20(14-18)22-8-6-19(25(29)32-22)26(36)30-10-2-12-33-11-1-3-24(33)35/h4-9,13-14,31,34H,1-3,10-12,15H2,(H2,29,32)(H,30,36). The predicted molar refractivity (Wildman–Crippen MR) is 138 cm³/mol. The van der Waals surface area contributed by atoms with Gasteiger partial charge in [0.2, 0.25) is 5.91 Å². The van der Waals surface area contributed by atoms with Crippen LogP contribution in [0.1, 0.15) is 35.2 Å². The highest BCUT2D eigenvalue weighted by atomic mass is 35.5. The van der Waals surface area contributed by atoms with E-state index in [0.717, 1.165) is 13.0 Å². The molecule has 2 aromatic carbocycles. The van der Waals surface area contributed by atoms with E-state index in [-0.39, 0.29) is 28.9 Å². The monoisotopic (exact) mass is 511 g/mol. The Bertz CT molecular complexity index is 1290. The van der Waals surface area contributed by atoms with Crippen molar-refractivity contribution in [3.63, 3.8) is 0 Å². The van der Waals surface area contributed by atoms with Crippen LogP contribution in [0.3, 0.4) is 0 Å². The highest BCUT2D eigenvalue weighted by Gasteiger charge is 2.19. The molecule has 1 saturated heterocycles. The zero-order valence-electron chi connectivity index (χ0n) is 19.6. The molecule has 1 aliphatic rings. The highest BCUT2D eigenvalue weighted by molar-refractivity contribution is 6.30. The molecule has 0 aliphatic carbocycles. The molecule has 1 fully saturated rings. The van der Waals surface area contributed by atoms with Gasteiger partial charge in [-0.3, -0.25) is 9.59 Å². The number of phenolic OH excluding ortho intramolecular Hbond substituents is 1. The van der Waals surface area contributed by atoms with Crippen LogP contribution >= 0.6 is 11.6 Å². The minimum Gasteiger partial charge on any atom is -0.507 e. The summed E-state index contributed by atoms with van der Waals surface area (Å²) in [5.74, 6) is -0.206. The molecule has 188 valence electrons. The van der Waals surface area contributed by atoms with Crippen LogP contribution in [-0.4, -0.2) is 46.4 Å². The number of carbonyl (C=O) groups excluding carboxylic acids is 2. The van der Waals surface area contributed by atoms with Gasteiger partial charge in [-0.1, -0.05) is 11.6 Å². The average Bonchev–Trinajstić information content (AvgIpc) is 3.28. The molecule has 1 aliphatic heterocycles. The third kappa shape index (κ3) is 5.85. The van der Waals surface area contributed by atoms with Crippen LogP contribution in [0, 0.1) is 0 Å². The molecular weight excluding hydrogens is 485 g/mol. The number of nitrogens with zero attached hydrogens (tertiary/aromatic N) is 2. The topological polar surface area (TPSA) is 121 Å². The summed E-state index contributed by atoms with van der Waals surface area (Å²) in [5.41, 5.74) is 8.61. The van der Waals surface area contributed by atoms with Crippen LogP contribution in [0.2, 0.25) is 5.02 Å². The first kappa shape index (κ1) is 25.2. The Labute approximate surface area is 213 Å². The Kier molecular flexibility index (Phi) is 7.90. The Balaban J connectivity index is 1.44. The van der Waals surface area contributed by atoms with Crippen LogP contribution in [-0.2, 0) is 11.5 Å². The molecule has 3 aromatic rings. The summed E-state index contributed by atoms with van der Waals surface area (Å²) in [6.07, 6.45) is 2.12. The zero-order valence-corrected chi connectivity index (χ0v) is 20.3. The number of benzene rings is 2. The van der Waals surface area contributed by atoms with Gasteiger partial charge in [-0.15, -0.1) is 0 Å². The van der Waals surface area contributed by atoms with Gasteiger partial charge in [0.15, 0.2) is 0 Å². The summed E-state index contributed by atoms with van der Waals surface area (Å²) in [6, 6.07) is 12.8. The van der Waals surface area contributed by atoms with E-state index < -0.39 is 6.67 Å². The number of likely N-dealkylation sites (tertiary alicyclic amines) is 1. The van der Waals surface area contributed by atoms with Crippen molar-refractivity contribution < 1.29 is 19.1 Å². The van der Waals surface area contributed by atoms with Crippen LogP contribution in [0.25, 0.3) is 11.3 Å². The van der Waals surface area contributed by atoms with Crippen molar-refractivity contribution in [2.24, 2.45) is 0 Å². The number of aromatic hydroxyl groups is 1. The number of nitrogens with two attached hydrogens (primary N) is 1. The molecule has 10 heteroatoms. The summed E-state index contributed by atoms with van der Waals surface area (Å²) in [6.45, 7) is 1.10. The lowest BCUT2D eigenvalue weighted by atomic mass is 10.1. The summed E-state index contributed by atoms with van der Waals surface area (Å²) >= 11 is 5.95. The minimum atomic E-state index is -0.689. The second-order valence-corrected chi connectivity index (χ2v) is 8.95. The number of amides is 2. The Morgan fingerprint density at radius 3 is 2.75 bits per heavy atom. The number of aromatic nitrogens is 1. The van der Waals surface area contributed by atoms with Crippen molar-refractivity contribution in [3.8, 4) is 17.0 Å². The Morgan fingerprint density at radius 2 is 2.03 bits per heavy atom. The van der Waals surface area contributed by atoms with E-state index in [0.29, 0.717) is 59.1 Å². The zero-order chi connectivity index (χ0) is 25.7. The van der Waals surface area contributed by atoms with Crippen LogP contribution in [0.15, 0.2) is 48.5 Å². The minimum absolute atomic E-state index is 0.0231. The van der Waals surface area contributed by atoms with Crippen molar-refractivity contribution in [1.29, 1.82) is 0 Å². The molecule has 8 nitrogen and oxygen atoms in total. The molecular formula is C26H27ClFN5O3. The fourth-order valence-corrected chi connectivity index (χ4v) is 4.29. The number of rotatable bonds is 9. The summed E-state index contributed by atoms with van der Waals surface area (Å²) in [5, 5.41) is 16.8. The maximum atomic E-state index is 13.4. The van der Waals surface area contributed by atoms with Gasteiger partial charge in [-0.25, -0.2) is 9.37 Å². The lowest BCUT2D eigenvalue weighted by molar-refractivity contribution is -0.127. The second-order valence-electron chi connectivity index (χ2n) is 8.52. The SMILES string of the molecule is Nc1nc(-c2cc(Nc3ccc(Cl)cc3CF)ccc2O)ccc1C(=O)NCCCN1CCCC1=O. The van der Waals surface area contributed by atoms with E-state index in [4.69, 9.17) is 17.3 Å². The lowest BCUT2D eigenvalue weighted by Gasteiger charge is -2.15. The second kappa shape index (κ2) is 11.3. The van der Waals surface area contributed by atoms with E-state index in [9.17, 15) is 19.1 Å². The molecule has 0 unspecified atom stereocenters. The predicted octanol–water partition coefficient (Wildman–Crippen LogP) is 4.65. The number of pyridine rings is 1. The number of nitrogens with one attached hydrogen (secondary N) is 2. The molecule has 0 bridgehead atoms. The summed E-state index contributed by atoms with van der Waals surface area (Å²) in [7, 11) is 0. The van der Waals surface area contributed by atoms with Crippen LogP contribution in [0.5, 0.6) is 5.75 Å². The maximum Gasteiger partial charge on any atom is 0.255 e. The Morgan fingerprint density at radius 1 is 1.19 bits per heavy atom. The third-order valence-electron chi connectivity index (χ3n) is 5.99. The van der Waals surface area contributed by atoms with E-state index in [1.54, 1.807) is 47.4 Å². The van der Waals surface area contributed by atoms with E-state index in [2.05, 4.69) is 15.6 Å². The summed E-state index contributed by atoms with van der Waals surface area (Å²) in [4.78, 5) is 30.4. The highest BCUT2D eigenvalue weighted by Crippen LogP contribution is 2.33. The normalized spacial score (nSPS) is 13.2. The first-order valence-corrected chi connectivity index (χ1v) is 12.0. The number of carbonyl (C=O) groups is 2. The first-order chi connectivity index (χ1) is 17.4. The fourth-order valence-electron chi connectivity index (χ4n) is 4.09. The largest absolute Gasteiger partial charge is 0.507 e. The number of hydrogen-bond donors (Lipinski definition) is 4. The van der Waals surface area contributed by atoms with Crippen molar-refractivity contribution in [2.45, 2.75) is 25.9 Å². The van der Waals surface area contributed by atoms with Crippen molar-refractivity contribution in [2.75, 3.05) is 30.7 Å². The third-order valence-corrected chi connectivity index (χ3v) is 6.23. The number of hydrogen-bond acceptors (Lipinski definition) is 6. The van der Waals surface area contributed by atoms with Gasteiger partial charge in [0.1, 0.15) is 18.2 Å². The molecule has 1 aromatic heterocycles. The van der Waals surface area contributed by atoms with E-state index in [1.165, 1.54) is 6.07 Å². The number of halogens is 2. The summed E-state index contributed by atoms with van der Waals surface area (Å²) < 4.78 is 13.4. The molecule has 2 amide bonds. The van der Waals surface area contributed by atoms with Gasteiger partial charge in [0.25, 0.3) is 5.91 Å². The van der Waals surface area contributed by atoms with Crippen molar-refractivity contribution >= 4 is 40.6 Å². The Hall–Kier alpha value is -3.85. The fraction of sp³-hybridized carbons (Fsp3) is 0.269. The van der Waals surface area contributed by atoms with Gasteiger partial charge >= 0.3 is 0 Å². The number of anilines is 3. The smallest absolute Gasteiger partial charge is 0.255 e. The molecule has 0 radical (unpaired) electrons. The number of phenols is 1. The molecule has 4 rings (SSSR count). The van der Waals surface area contributed by atoms with Crippen LogP contribution in [0.4, 0.5) is 21.6 Å². The molecule has 2 heterocycles. The number of alkyl halides is 1. The molecule has 5 N–H and O–H groups in total. The molecule has 36 heavy (non-hydrogen) atoms. The van der Waals surface area contributed by atoms with Crippen LogP contribution < -0.4 is 16.4 Å². The van der Waals surface area contributed by atoms with Crippen molar-refractivity contribution in [3.05, 3.63) is 64.7 Å². The lowest BCUT2D eigenvalue weighted by Crippen LogP contribution is -2.31. The molecule has 0 atom stereocenters. The first-order valence-electron chi connectivity index (χ1n) is 11.6. The maximum absolute atomic E-state index is 13.4.